The van der Waals surface area contributed by atoms with Gasteiger partial charge in [-0.2, -0.15) is 5.10 Å². The van der Waals surface area contributed by atoms with Gasteiger partial charge in [0.05, 0.1) is 30.2 Å². The minimum Gasteiger partial charge on any atom is -0.481 e. The predicted octanol–water partition coefficient (Wildman–Crippen LogP) is 3.94. The number of nitrogens with one attached hydrogen (secondary N) is 2. The van der Waals surface area contributed by atoms with Crippen LogP contribution in [0.3, 0.4) is 0 Å². The average molecular weight is 582 g/mol. The highest BCUT2D eigenvalue weighted by Crippen LogP contribution is 2.33. The van der Waals surface area contributed by atoms with E-state index < -0.39 is 54.0 Å². The summed E-state index contributed by atoms with van der Waals surface area (Å²) in [6, 6.07) is 10.6. The molecular weight excluding hydrogens is 548 g/mol. The van der Waals surface area contributed by atoms with E-state index in [9.17, 15) is 33.1 Å². The van der Waals surface area contributed by atoms with E-state index in [1.54, 1.807) is 31.3 Å². The van der Waals surface area contributed by atoms with Gasteiger partial charge in [-0.15, -0.1) is 0 Å². The lowest BCUT2D eigenvalue weighted by atomic mass is 9.97. The van der Waals surface area contributed by atoms with Gasteiger partial charge in [-0.1, -0.05) is 39.0 Å². The summed E-state index contributed by atoms with van der Waals surface area (Å²) in [5, 5.41) is 19.0. The molecule has 2 aromatic carbocycles. The Balaban J connectivity index is 0.00000114. The largest absolute Gasteiger partial charge is 0.481 e. The molecule has 2 amide bonds. The lowest BCUT2D eigenvalue weighted by Gasteiger charge is -2.20. The standard InChI is InChI=1S/C26H23F2N5O5.C4H10/c1-32-9-5-7-16(26(32)38)25(37)29-13-21(34)30-20(12-22(35)36)17-10-14(11-18(27)23(17)28)24-15-6-3-4-8-19(15)31-33(24)2;1-4(2)3/h3-11,20H,12-13H2,1-2H3,(H,29,37)(H,30,34)(H,35,36);4H,1-3H3. The number of aromatic nitrogens is 3. The molecule has 3 N–H and O–H groups in total. The van der Waals surface area contributed by atoms with Crippen LogP contribution < -0.4 is 16.2 Å². The van der Waals surface area contributed by atoms with Crippen LogP contribution in [-0.2, 0) is 23.7 Å². The molecular formula is C30H33F2N5O5. The number of carbonyl (C=O) groups is 3. The smallest absolute Gasteiger partial charge is 0.305 e. The van der Waals surface area contributed by atoms with Crippen molar-refractivity contribution < 1.29 is 28.3 Å². The van der Waals surface area contributed by atoms with Gasteiger partial charge in [0.25, 0.3) is 11.5 Å². The molecule has 0 saturated heterocycles. The van der Waals surface area contributed by atoms with Crippen molar-refractivity contribution in [3.8, 4) is 11.3 Å². The molecule has 4 rings (SSSR count). The van der Waals surface area contributed by atoms with Gasteiger partial charge in [-0.05, 0) is 36.2 Å². The molecule has 0 radical (unpaired) electrons. The number of aliphatic carboxylic acids is 1. The number of pyridine rings is 1. The van der Waals surface area contributed by atoms with Crippen LogP contribution >= 0.6 is 0 Å². The fourth-order valence-corrected chi connectivity index (χ4v) is 4.17. The Bertz CT molecular complexity index is 1680. The maximum atomic E-state index is 15.0. The third-order valence-corrected chi connectivity index (χ3v) is 5.94. The number of rotatable bonds is 8. The monoisotopic (exact) mass is 581 g/mol. The first-order valence-corrected chi connectivity index (χ1v) is 13.2. The van der Waals surface area contributed by atoms with E-state index >= 15 is 0 Å². The normalized spacial score (nSPS) is 11.5. The molecule has 0 aliphatic rings. The third-order valence-electron chi connectivity index (χ3n) is 5.94. The van der Waals surface area contributed by atoms with E-state index in [0.29, 0.717) is 16.6 Å². The first-order valence-electron chi connectivity index (χ1n) is 13.2. The summed E-state index contributed by atoms with van der Waals surface area (Å²) < 4.78 is 32.4. The maximum absolute atomic E-state index is 15.0. The molecule has 0 aliphatic carbocycles. The molecule has 0 bridgehead atoms. The van der Waals surface area contributed by atoms with Crippen molar-refractivity contribution in [2.45, 2.75) is 33.2 Å². The SMILES string of the molecule is CC(C)C.Cn1nc2ccccc2c1-c1cc(F)c(F)c(C(CC(=O)O)NC(=O)CNC(=O)c2cccn(C)c2=O)c1. The molecule has 1 atom stereocenters. The Morgan fingerprint density at radius 3 is 2.36 bits per heavy atom. The van der Waals surface area contributed by atoms with Crippen LogP contribution in [-0.4, -0.2) is 43.8 Å². The summed E-state index contributed by atoms with van der Waals surface area (Å²) in [6.45, 7) is 5.86. The Hall–Kier alpha value is -4.87. The summed E-state index contributed by atoms with van der Waals surface area (Å²) in [6.07, 6.45) is 0.698. The van der Waals surface area contributed by atoms with E-state index in [2.05, 4.69) is 36.5 Å². The summed E-state index contributed by atoms with van der Waals surface area (Å²) in [5.74, 6) is -4.78. The van der Waals surface area contributed by atoms with Crippen LogP contribution in [0, 0.1) is 17.6 Å². The highest BCUT2D eigenvalue weighted by molar-refractivity contribution is 5.96. The van der Waals surface area contributed by atoms with Crippen molar-refractivity contribution in [3.05, 3.63) is 87.8 Å². The third kappa shape index (κ3) is 7.65. The maximum Gasteiger partial charge on any atom is 0.305 e. The van der Waals surface area contributed by atoms with Crippen molar-refractivity contribution >= 4 is 28.7 Å². The number of nitrogens with zero attached hydrogens (tertiary/aromatic N) is 3. The van der Waals surface area contributed by atoms with E-state index in [-0.39, 0.29) is 16.7 Å². The van der Waals surface area contributed by atoms with Crippen molar-refractivity contribution in [1.29, 1.82) is 0 Å². The molecule has 0 spiro atoms. The Morgan fingerprint density at radius 1 is 1.02 bits per heavy atom. The summed E-state index contributed by atoms with van der Waals surface area (Å²) in [4.78, 5) is 48.6. The number of fused-ring (bicyclic) bond motifs is 1. The molecule has 10 nitrogen and oxygen atoms in total. The Morgan fingerprint density at radius 2 is 1.69 bits per heavy atom. The molecule has 4 aromatic rings. The van der Waals surface area contributed by atoms with Crippen LogP contribution in [0.1, 0.15) is 49.2 Å². The summed E-state index contributed by atoms with van der Waals surface area (Å²) in [5.41, 5.74) is 0.158. The van der Waals surface area contributed by atoms with Gasteiger partial charge < -0.3 is 20.3 Å². The van der Waals surface area contributed by atoms with Crippen LogP contribution in [0.5, 0.6) is 0 Å². The second kappa shape index (κ2) is 13.7. The number of carboxylic acids is 1. The molecule has 12 heteroatoms. The van der Waals surface area contributed by atoms with E-state index in [1.165, 1.54) is 40.7 Å². The molecule has 42 heavy (non-hydrogen) atoms. The minimum atomic E-state index is -1.46. The zero-order valence-corrected chi connectivity index (χ0v) is 23.9. The van der Waals surface area contributed by atoms with Crippen LogP contribution in [0.2, 0.25) is 0 Å². The van der Waals surface area contributed by atoms with Crippen LogP contribution in [0.4, 0.5) is 8.78 Å². The first-order chi connectivity index (χ1) is 19.8. The van der Waals surface area contributed by atoms with Gasteiger partial charge in [0.15, 0.2) is 11.6 Å². The summed E-state index contributed by atoms with van der Waals surface area (Å²) >= 11 is 0. The second-order valence-corrected chi connectivity index (χ2v) is 10.3. The van der Waals surface area contributed by atoms with Crippen LogP contribution in [0.15, 0.2) is 59.5 Å². The van der Waals surface area contributed by atoms with E-state index in [4.69, 9.17) is 0 Å². The fraction of sp³-hybridized carbons (Fsp3) is 0.300. The van der Waals surface area contributed by atoms with Crippen molar-refractivity contribution in [1.82, 2.24) is 25.0 Å². The minimum absolute atomic E-state index is 0.200. The van der Waals surface area contributed by atoms with E-state index in [1.807, 2.05) is 0 Å². The lowest BCUT2D eigenvalue weighted by Crippen LogP contribution is -2.41. The predicted molar refractivity (Wildman–Crippen MR) is 154 cm³/mol. The van der Waals surface area contributed by atoms with Crippen molar-refractivity contribution in [3.63, 3.8) is 0 Å². The number of carboxylic acid groups (broad SMARTS) is 1. The van der Waals surface area contributed by atoms with Gasteiger partial charge in [0.1, 0.15) is 5.56 Å². The number of amides is 2. The molecule has 0 saturated carbocycles. The second-order valence-electron chi connectivity index (χ2n) is 10.3. The average Bonchev–Trinajstić information content (AvgIpc) is 3.25. The number of hydrogen-bond donors (Lipinski definition) is 3. The highest BCUT2D eigenvalue weighted by Gasteiger charge is 2.26. The molecule has 222 valence electrons. The van der Waals surface area contributed by atoms with E-state index in [0.717, 1.165) is 12.0 Å². The zero-order chi connectivity index (χ0) is 31.1. The zero-order valence-electron chi connectivity index (χ0n) is 23.9. The van der Waals surface area contributed by atoms with Gasteiger partial charge in [0, 0.05) is 36.8 Å². The summed E-state index contributed by atoms with van der Waals surface area (Å²) in [7, 11) is 3.09. The molecule has 0 aliphatic heterocycles. The molecule has 2 aromatic heterocycles. The number of halogens is 2. The highest BCUT2D eigenvalue weighted by atomic mass is 19.2. The number of benzene rings is 2. The molecule has 2 heterocycles. The first kappa shape index (κ1) is 31.7. The van der Waals surface area contributed by atoms with Crippen molar-refractivity contribution in [2.24, 2.45) is 20.0 Å². The Labute approximate surface area is 241 Å². The quantitative estimate of drug-likeness (QED) is 0.289. The lowest BCUT2D eigenvalue weighted by molar-refractivity contribution is -0.137. The molecule has 0 fully saturated rings. The van der Waals surface area contributed by atoms with Gasteiger partial charge >= 0.3 is 5.97 Å². The topological polar surface area (TPSA) is 135 Å². The van der Waals surface area contributed by atoms with Crippen molar-refractivity contribution in [2.75, 3.05) is 6.54 Å². The number of aryl methyl sites for hydroxylation is 2. The fourth-order valence-electron chi connectivity index (χ4n) is 4.17. The van der Waals surface area contributed by atoms with Gasteiger partial charge in [-0.25, -0.2) is 8.78 Å². The van der Waals surface area contributed by atoms with Crippen LogP contribution in [0.25, 0.3) is 22.2 Å². The molecule has 1 unspecified atom stereocenters. The van der Waals surface area contributed by atoms with Gasteiger partial charge in [-0.3, -0.25) is 23.9 Å². The number of hydrogen-bond acceptors (Lipinski definition) is 5. The Kier molecular flexibility index (Phi) is 10.3. The number of carbonyl (C=O) groups excluding carboxylic acids is 2. The van der Waals surface area contributed by atoms with Gasteiger partial charge in [0.2, 0.25) is 5.91 Å².